The van der Waals surface area contributed by atoms with Crippen LogP contribution in [-0.2, 0) is 0 Å². The standard InChI is InChI=1S/C21H19N5O/c1-10-18(11(2)25-24-10)16-8-15(19-12(3)26-27-13(19)4)9-17-20(16)23-21(22-17)14-6-5-7-14/h5-9H,1-4H3,(H,22,23)(H,24,25). The van der Waals surface area contributed by atoms with Crippen molar-refractivity contribution in [3.05, 3.63) is 59.0 Å². The van der Waals surface area contributed by atoms with Gasteiger partial charge in [-0.1, -0.05) is 23.4 Å². The van der Waals surface area contributed by atoms with E-state index in [0.29, 0.717) is 0 Å². The molecule has 1 aromatic carbocycles. The Labute approximate surface area is 156 Å². The molecule has 134 valence electrons. The Morgan fingerprint density at radius 3 is 2.41 bits per heavy atom. The first-order chi connectivity index (χ1) is 13.0. The van der Waals surface area contributed by atoms with E-state index in [9.17, 15) is 0 Å². The van der Waals surface area contributed by atoms with Crippen LogP contribution in [0.3, 0.4) is 0 Å². The first kappa shape index (κ1) is 15.8. The van der Waals surface area contributed by atoms with Crippen molar-refractivity contribution in [3.63, 3.8) is 0 Å². The summed E-state index contributed by atoms with van der Waals surface area (Å²) in [6.45, 7) is 7.95. The van der Waals surface area contributed by atoms with E-state index in [2.05, 4.69) is 44.6 Å². The first-order valence-electron chi connectivity index (χ1n) is 8.90. The van der Waals surface area contributed by atoms with E-state index in [1.807, 2.05) is 33.8 Å². The molecule has 4 aromatic rings. The van der Waals surface area contributed by atoms with Crippen molar-refractivity contribution in [2.75, 3.05) is 0 Å². The first-order valence-corrected chi connectivity index (χ1v) is 8.90. The number of hydrogen-bond acceptors (Lipinski definition) is 4. The fourth-order valence-electron chi connectivity index (χ4n) is 3.78. The highest BCUT2D eigenvalue weighted by Crippen LogP contribution is 2.38. The van der Waals surface area contributed by atoms with Crippen molar-refractivity contribution in [2.45, 2.75) is 27.7 Å². The highest BCUT2D eigenvalue weighted by Gasteiger charge is 2.20. The lowest BCUT2D eigenvalue weighted by atomic mass is 9.96. The summed E-state index contributed by atoms with van der Waals surface area (Å²) < 4.78 is 5.40. The van der Waals surface area contributed by atoms with Gasteiger partial charge in [-0.05, 0) is 45.4 Å². The zero-order valence-electron chi connectivity index (χ0n) is 15.6. The van der Waals surface area contributed by atoms with Crippen LogP contribution in [0.1, 0.15) is 28.7 Å². The van der Waals surface area contributed by atoms with Gasteiger partial charge in [0.15, 0.2) is 0 Å². The minimum Gasteiger partial charge on any atom is -0.361 e. The second kappa shape index (κ2) is 5.54. The Bertz CT molecular complexity index is 1230. The van der Waals surface area contributed by atoms with Gasteiger partial charge < -0.3 is 9.51 Å². The maximum atomic E-state index is 5.40. The summed E-state index contributed by atoms with van der Waals surface area (Å²) >= 11 is 0. The Hall–Kier alpha value is -3.41. The van der Waals surface area contributed by atoms with Crippen LogP contribution >= 0.6 is 0 Å². The molecule has 0 amide bonds. The molecule has 3 heterocycles. The van der Waals surface area contributed by atoms with Gasteiger partial charge in [0.2, 0.25) is 0 Å². The molecule has 0 spiro atoms. The number of imidazole rings is 1. The van der Waals surface area contributed by atoms with Crippen molar-refractivity contribution in [2.24, 2.45) is 0 Å². The number of fused-ring (bicyclic) bond motifs is 1. The Morgan fingerprint density at radius 1 is 1.00 bits per heavy atom. The lowest BCUT2D eigenvalue weighted by Gasteiger charge is -2.08. The number of hydrogen-bond donors (Lipinski definition) is 2. The molecule has 6 nitrogen and oxygen atoms in total. The van der Waals surface area contributed by atoms with E-state index < -0.39 is 0 Å². The molecule has 1 aliphatic carbocycles. The maximum Gasteiger partial charge on any atom is 0.141 e. The van der Waals surface area contributed by atoms with Gasteiger partial charge in [-0.25, -0.2) is 4.98 Å². The van der Waals surface area contributed by atoms with Gasteiger partial charge in [-0.3, -0.25) is 5.10 Å². The van der Waals surface area contributed by atoms with Crippen molar-refractivity contribution >= 4 is 16.6 Å². The zero-order chi connectivity index (χ0) is 18.7. The molecule has 0 unspecified atom stereocenters. The van der Waals surface area contributed by atoms with Gasteiger partial charge >= 0.3 is 0 Å². The summed E-state index contributed by atoms with van der Waals surface area (Å²) in [4.78, 5) is 8.35. The predicted molar refractivity (Wildman–Crippen MR) is 105 cm³/mol. The minimum atomic E-state index is 0.808. The van der Waals surface area contributed by atoms with Crippen molar-refractivity contribution in [1.82, 2.24) is 25.3 Å². The van der Waals surface area contributed by atoms with E-state index in [1.54, 1.807) is 0 Å². The number of H-pyrrole nitrogens is 2. The molecule has 6 heteroatoms. The third-order valence-electron chi connectivity index (χ3n) is 5.13. The molecule has 0 saturated carbocycles. The van der Waals surface area contributed by atoms with E-state index >= 15 is 0 Å². The summed E-state index contributed by atoms with van der Waals surface area (Å²) in [5.41, 5.74) is 10.1. The SMILES string of the molecule is Cc1n[nH]c(C)c1-c1cc(-c2c(C)noc2C)cc2[nH]c(C3=CC=C3)nc12. The van der Waals surface area contributed by atoms with Crippen molar-refractivity contribution in [1.29, 1.82) is 0 Å². The van der Waals surface area contributed by atoms with Crippen LogP contribution in [0.25, 0.3) is 38.9 Å². The lowest BCUT2D eigenvalue weighted by Crippen LogP contribution is -1.89. The van der Waals surface area contributed by atoms with Crippen molar-refractivity contribution < 1.29 is 4.52 Å². The van der Waals surface area contributed by atoms with Gasteiger partial charge in [0, 0.05) is 28.0 Å². The highest BCUT2D eigenvalue weighted by molar-refractivity contribution is 5.99. The fraction of sp³-hybridized carbons (Fsp3) is 0.190. The molecule has 2 N–H and O–H groups in total. The zero-order valence-corrected chi connectivity index (χ0v) is 15.6. The molecule has 0 aliphatic heterocycles. The van der Waals surface area contributed by atoms with Gasteiger partial charge in [-0.2, -0.15) is 5.10 Å². The Kier molecular flexibility index (Phi) is 3.25. The van der Waals surface area contributed by atoms with Gasteiger partial charge in [0.1, 0.15) is 11.6 Å². The molecule has 1 aliphatic rings. The van der Waals surface area contributed by atoms with E-state index in [-0.39, 0.29) is 0 Å². The molecule has 0 saturated heterocycles. The van der Waals surface area contributed by atoms with E-state index in [0.717, 1.165) is 67.5 Å². The molecule has 3 aromatic heterocycles. The maximum absolute atomic E-state index is 5.40. The van der Waals surface area contributed by atoms with Crippen LogP contribution in [-0.4, -0.2) is 25.3 Å². The summed E-state index contributed by atoms with van der Waals surface area (Å²) in [6, 6.07) is 4.28. The molecular weight excluding hydrogens is 338 g/mol. The topological polar surface area (TPSA) is 83.4 Å². The molecule has 0 atom stereocenters. The second-order valence-electron chi connectivity index (χ2n) is 6.99. The third-order valence-corrected chi connectivity index (χ3v) is 5.13. The van der Waals surface area contributed by atoms with Crippen LogP contribution in [0, 0.1) is 27.7 Å². The summed E-state index contributed by atoms with van der Waals surface area (Å²) in [5, 5.41) is 11.6. The van der Waals surface area contributed by atoms with Gasteiger partial charge in [-0.15, -0.1) is 0 Å². The normalized spacial score (nSPS) is 13.3. The monoisotopic (exact) mass is 357 g/mol. The van der Waals surface area contributed by atoms with Crippen LogP contribution in [0.5, 0.6) is 0 Å². The van der Waals surface area contributed by atoms with Gasteiger partial charge in [0.05, 0.1) is 22.4 Å². The average Bonchev–Trinajstić information content (AvgIpc) is 3.23. The van der Waals surface area contributed by atoms with Crippen molar-refractivity contribution in [3.8, 4) is 22.3 Å². The van der Waals surface area contributed by atoms with E-state index in [4.69, 9.17) is 9.51 Å². The summed E-state index contributed by atoms with van der Waals surface area (Å²) in [7, 11) is 0. The number of aromatic nitrogens is 5. The molecule has 0 radical (unpaired) electrons. The molecular formula is C21H19N5O. The smallest absolute Gasteiger partial charge is 0.141 e. The number of allylic oxidation sites excluding steroid dienone is 4. The lowest BCUT2D eigenvalue weighted by molar-refractivity contribution is 0.393. The number of rotatable bonds is 3. The quantitative estimate of drug-likeness (QED) is 0.552. The van der Waals surface area contributed by atoms with Gasteiger partial charge in [0.25, 0.3) is 0 Å². The average molecular weight is 357 g/mol. The third kappa shape index (κ3) is 2.30. The summed E-state index contributed by atoms with van der Waals surface area (Å²) in [5.74, 6) is 1.69. The van der Waals surface area contributed by atoms with E-state index in [1.165, 1.54) is 0 Å². The number of aryl methyl sites for hydroxylation is 4. The number of aromatic amines is 2. The largest absolute Gasteiger partial charge is 0.361 e. The second-order valence-corrected chi connectivity index (χ2v) is 6.99. The number of benzene rings is 1. The molecule has 27 heavy (non-hydrogen) atoms. The molecule has 0 bridgehead atoms. The van der Waals surface area contributed by atoms with Crippen LogP contribution in [0.4, 0.5) is 0 Å². The van der Waals surface area contributed by atoms with Crippen LogP contribution in [0.15, 0.2) is 34.9 Å². The van der Waals surface area contributed by atoms with Crippen LogP contribution in [0.2, 0.25) is 0 Å². The number of nitrogens with one attached hydrogen (secondary N) is 2. The Balaban J connectivity index is 1.84. The molecule has 5 rings (SSSR count). The minimum absolute atomic E-state index is 0.808. The highest BCUT2D eigenvalue weighted by atomic mass is 16.5. The fourth-order valence-corrected chi connectivity index (χ4v) is 3.78. The van der Waals surface area contributed by atoms with Crippen LogP contribution < -0.4 is 0 Å². The Morgan fingerprint density at radius 2 is 1.81 bits per heavy atom. The number of nitrogens with zero attached hydrogens (tertiary/aromatic N) is 3. The molecule has 0 fully saturated rings. The summed E-state index contributed by atoms with van der Waals surface area (Å²) in [6.07, 6.45) is 6.13. The predicted octanol–water partition coefficient (Wildman–Crippen LogP) is 4.79.